The highest BCUT2D eigenvalue weighted by Crippen LogP contribution is 2.32. The minimum absolute atomic E-state index is 0.759. The average Bonchev–Trinajstić information content (AvgIpc) is 2.46. The Morgan fingerprint density at radius 2 is 2.00 bits per heavy atom. The normalized spacial score (nSPS) is 9.63. The number of aryl methyl sites for hydroxylation is 1. The van der Waals surface area contributed by atoms with Crippen molar-refractivity contribution in [1.82, 2.24) is 0 Å². The van der Waals surface area contributed by atoms with Gasteiger partial charge >= 0.3 is 0 Å². The molecule has 0 unspecified atom stereocenters. The molecule has 1 radical (unpaired) electrons. The van der Waals surface area contributed by atoms with Crippen LogP contribution >= 0.6 is 0 Å². The molecule has 19 heavy (non-hydrogen) atoms. The summed E-state index contributed by atoms with van der Waals surface area (Å²) < 4.78 is 5.43. The van der Waals surface area contributed by atoms with Gasteiger partial charge in [0.2, 0.25) is 0 Å². The maximum Gasteiger partial charge on any atom is 0.126 e. The molecule has 0 heterocycles. The Balaban J connectivity index is 2.50. The first-order chi connectivity index (χ1) is 9.26. The fourth-order valence-electron chi connectivity index (χ4n) is 2.05. The van der Waals surface area contributed by atoms with Crippen LogP contribution in [0.2, 0.25) is 0 Å². The summed E-state index contributed by atoms with van der Waals surface area (Å²) in [5.41, 5.74) is 4.57. The third-order valence-corrected chi connectivity index (χ3v) is 3.07. The molecule has 0 fully saturated rings. The van der Waals surface area contributed by atoms with Gasteiger partial charge < -0.3 is 4.74 Å². The monoisotopic (exact) mass is 249 g/mol. The number of hydrogen-bond donors (Lipinski definition) is 0. The van der Waals surface area contributed by atoms with Crippen molar-refractivity contribution in [2.75, 3.05) is 7.11 Å². The SMILES string of the molecule is CC#CCc1c[c]c(C)c(-c2ccccc2OC)c1. The van der Waals surface area contributed by atoms with Crippen molar-refractivity contribution in [3.05, 3.63) is 53.6 Å². The second-order valence-corrected chi connectivity index (χ2v) is 4.35. The van der Waals surface area contributed by atoms with Crippen molar-refractivity contribution in [3.63, 3.8) is 0 Å². The van der Waals surface area contributed by atoms with Crippen molar-refractivity contribution in [1.29, 1.82) is 0 Å². The molecule has 0 aliphatic rings. The van der Waals surface area contributed by atoms with E-state index in [1.165, 1.54) is 5.56 Å². The van der Waals surface area contributed by atoms with Crippen molar-refractivity contribution < 1.29 is 4.74 Å². The zero-order chi connectivity index (χ0) is 13.7. The van der Waals surface area contributed by atoms with Crippen molar-refractivity contribution >= 4 is 0 Å². The topological polar surface area (TPSA) is 9.23 Å². The Morgan fingerprint density at radius 1 is 1.21 bits per heavy atom. The van der Waals surface area contributed by atoms with Gasteiger partial charge in [-0.15, -0.1) is 5.92 Å². The van der Waals surface area contributed by atoms with Gasteiger partial charge in [0.15, 0.2) is 0 Å². The number of rotatable bonds is 3. The van der Waals surface area contributed by atoms with E-state index in [0.29, 0.717) is 0 Å². The summed E-state index contributed by atoms with van der Waals surface area (Å²) in [6, 6.07) is 15.5. The first-order valence-electron chi connectivity index (χ1n) is 6.30. The molecule has 95 valence electrons. The molecular weight excluding hydrogens is 232 g/mol. The number of methoxy groups -OCH3 is 1. The van der Waals surface area contributed by atoms with Gasteiger partial charge in [0.1, 0.15) is 5.75 Å². The van der Waals surface area contributed by atoms with Gasteiger partial charge in [-0.05, 0) is 54.8 Å². The summed E-state index contributed by atoms with van der Waals surface area (Å²) in [7, 11) is 1.70. The largest absolute Gasteiger partial charge is 0.496 e. The third-order valence-electron chi connectivity index (χ3n) is 3.07. The molecule has 2 aromatic carbocycles. The maximum absolute atomic E-state index is 5.43. The fraction of sp³-hybridized carbons (Fsp3) is 0.222. The molecule has 0 N–H and O–H groups in total. The molecule has 1 heteroatoms. The third kappa shape index (κ3) is 2.98. The van der Waals surface area contributed by atoms with Gasteiger partial charge in [0.05, 0.1) is 7.11 Å². The summed E-state index contributed by atoms with van der Waals surface area (Å²) in [5, 5.41) is 0. The second-order valence-electron chi connectivity index (χ2n) is 4.35. The van der Waals surface area contributed by atoms with E-state index in [-0.39, 0.29) is 0 Å². The summed E-state index contributed by atoms with van der Waals surface area (Å²) in [6.07, 6.45) is 0.759. The van der Waals surface area contributed by atoms with Gasteiger partial charge in [-0.2, -0.15) is 0 Å². The van der Waals surface area contributed by atoms with E-state index in [0.717, 1.165) is 28.9 Å². The van der Waals surface area contributed by atoms with E-state index in [1.54, 1.807) is 7.11 Å². The van der Waals surface area contributed by atoms with Crippen molar-refractivity contribution in [2.24, 2.45) is 0 Å². The van der Waals surface area contributed by atoms with E-state index >= 15 is 0 Å². The van der Waals surface area contributed by atoms with Crippen LogP contribution in [0.15, 0.2) is 36.4 Å². The Morgan fingerprint density at radius 3 is 2.74 bits per heavy atom. The molecule has 0 amide bonds. The molecular formula is C18H17O. The molecule has 0 spiro atoms. The van der Waals surface area contributed by atoms with Gasteiger partial charge in [0, 0.05) is 12.0 Å². The van der Waals surface area contributed by atoms with Crippen LogP contribution in [0.1, 0.15) is 18.1 Å². The Bertz CT molecular complexity index is 630. The highest BCUT2D eigenvalue weighted by atomic mass is 16.5. The van der Waals surface area contributed by atoms with E-state index in [4.69, 9.17) is 4.74 Å². The molecule has 0 aliphatic carbocycles. The molecule has 2 rings (SSSR count). The lowest BCUT2D eigenvalue weighted by Gasteiger charge is -2.11. The van der Waals surface area contributed by atoms with E-state index in [9.17, 15) is 0 Å². The molecule has 2 aromatic rings. The van der Waals surface area contributed by atoms with Crippen LogP contribution in [-0.2, 0) is 6.42 Å². The van der Waals surface area contributed by atoms with Crippen LogP contribution in [0.5, 0.6) is 5.75 Å². The van der Waals surface area contributed by atoms with Gasteiger partial charge in [-0.3, -0.25) is 0 Å². The van der Waals surface area contributed by atoms with Crippen LogP contribution < -0.4 is 4.74 Å². The smallest absolute Gasteiger partial charge is 0.126 e. The highest BCUT2D eigenvalue weighted by molar-refractivity contribution is 5.73. The Kier molecular flexibility index (Phi) is 4.26. The van der Waals surface area contributed by atoms with Crippen LogP contribution in [0.4, 0.5) is 0 Å². The number of para-hydroxylation sites is 1. The summed E-state index contributed by atoms with van der Waals surface area (Å²) >= 11 is 0. The number of benzene rings is 2. The standard InChI is InChI=1S/C18H17O/c1-4-5-8-15-12-11-14(2)17(13-15)16-9-6-7-10-18(16)19-3/h6-7,9-10,12-13H,8H2,1-3H3. The lowest BCUT2D eigenvalue weighted by Crippen LogP contribution is -1.92. The molecule has 0 atom stereocenters. The highest BCUT2D eigenvalue weighted by Gasteiger charge is 2.08. The Hall–Kier alpha value is -2.20. The van der Waals surface area contributed by atoms with E-state index in [2.05, 4.69) is 37.0 Å². The van der Waals surface area contributed by atoms with Crippen molar-refractivity contribution in [3.8, 4) is 28.7 Å². The number of ether oxygens (including phenoxy) is 1. The summed E-state index contributed by atoms with van der Waals surface area (Å²) in [4.78, 5) is 0. The minimum Gasteiger partial charge on any atom is -0.496 e. The lowest BCUT2D eigenvalue weighted by molar-refractivity contribution is 0.416. The predicted octanol–water partition coefficient (Wildman–Crippen LogP) is 4.04. The zero-order valence-electron chi connectivity index (χ0n) is 11.6. The average molecular weight is 249 g/mol. The minimum atomic E-state index is 0.759. The van der Waals surface area contributed by atoms with Gasteiger partial charge in [-0.25, -0.2) is 0 Å². The van der Waals surface area contributed by atoms with Crippen molar-refractivity contribution in [2.45, 2.75) is 20.3 Å². The van der Waals surface area contributed by atoms with Gasteiger partial charge in [-0.1, -0.05) is 24.1 Å². The second kappa shape index (κ2) is 6.11. The van der Waals surface area contributed by atoms with E-state index in [1.807, 2.05) is 31.2 Å². The van der Waals surface area contributed by atoms with Crippen LogP contribution in [0.3, 0.4) is 0 Å². The van der Waals surface area contributed by atoms with Crippen LogP contribution in [-0.4, -0.2) is 7.11 Å². The number of hydrogen-bond acceptors (Lipinski definition) is 1. The molecule has 0 saturated heterocycles. The quantitative estimate of drug-likeness (QED) is 0.746. The Labute approximate surface area is 115 Å². The van der Waals surface area contributed by atoms with Crippen LogP contribution in [0.25, 0.3) is 11.1 Å². The first-order valence-corrected chi connectivity index (χ1v) is 6.30. The zero-order valence-corrected chi connectivity index (χ0v) is 11.6. The summed E-state index contributed by atoms with van der Waals surface area (Å²) in [5.74, 6) is 6.90. The van der Waals surface area contributed by atoms with Gasteiger partial charge in [0.25, 0.3) is 0 Å². The molecule has 0 saturated carbocycles. The fourth-order valence-corrected chi connectivity index (χ4v) is 2.05. The van der Waals surface area contributed by atoms with E-state index < -0.39 is 0 Å². The first kappa shape index (κ1) is 13.2. The lowest BCUT2D eigenvalue weighted by atomic mass is 9.96. The van der Waals surface area contributed by atoms with Crippen LogP contribution in [0, 0.1) is 24.8 Å². The summed E-state index contributed by atoms with van der Waals surface area (Å²) in [6.45, 7) is 3.93. The molecule has 0 bridgehead atoms. The molecule has 0 aliphatic heterocycles. The molecule has 0 aromatic heterocycles. The molecule has 1 nitrogen and oxygen atoms in total. The maximum atomic E-state index is 5.43. The predicted molar refractivity (Wildman–Crippen MR) is 79.2 cm³/mol.